The summed E-state index contributed by atoms with van der Waals surface area (Å²) in [4.78, 5) is 15.5. The number of nitrogens with zero attached hydrogens (tertiary/aromatic N) is 3. The number of aromatic nitrogens is 4. The summed E-state index contributed by atoms with van der Waals surface area (Å²) in [5.41, 5.74) is 8.15. The van der Waals surface area contributed by atoms with E-state index in [1.165, 1.54) is 0 Å². The number of nitrogens with two attached hydrogens (primary N) is 1. The number of aromatic amines is 1. The Labute approximate surface area is 133 Å². The van der Waals surface area contributed by atoms with Crippen LogP contribution in [0, 0.1) is 0 Å². The van der Waals surface area contributed by atoms with Crippen molar-refractivity contribution < 1.29 is 4.79 Å². The molecule has 2 aromatic heterocycles. The predicted molar refractivity (Wildman–Crippen MR) is 87.5 cm³/mol. The molecule has 1 aromatic carbocycles. The lowest BCUT2D eigenvalue weighted by molar-refractivity contribution is -0.123. The lowest BCUT2D eigenvalue weighted by atomic mass is 10.0. The smallest absolute Gasteiger partial charge is 0.237 e. The van der Waals surface area contributed by atoms with Crippen LogP contribution in [0.2, 0.25) is 0 Å². The monoisotopic (exact) mass is 312 g/mol. The maximum Gasteiger partial charge on any atom is 0.237 e. The number of carbonyl (C=O) groups excluding carboxylic acids is 1. The van der Waals surface area contributed by atoms with Crippen molar-refractivity contribution in [2.45, 2.75) is 25.4 Å². The molecule has 7 heteroatoms. The number of nitrogens with one attached hydrogen (secondary N) is 2. The largest absolute Gasteiger partial charge is 0.361 e. The van der Waals surface area contributed by atoms with Crippen molar-refractivity contribution >= 4 is 16.8 Å². The zero-order valence-electron chi connectivity index (χ0n) is 13.2. The second-order valence-electron chi connectivity index (χ2n) is 5.70. The SMILES string of the molecule is CC(NC(=O)[C@@H](N)Cc1c[nH]c2ccccc12)c1nncn1C. The van der Waals surface area contributed by atoms with Crippen molar-refractivity contribution in [3.63, 3.8) is 0 Å². The van der Waals surface area contributed by atoms with E-state index in [0.717, 1.165) is 16.5 Å². The van der Waals surface area contributed by atoms with Crippen LogP contribution < -0.4 is 11.1 Å². The van der Waals surface area contributed by atoms with Gasteiger partial charge < -0.3 is 20.6 Å². The fourth-order valence-corrected chi connectivity index (χ4v) is 2.70. The highest BCUT2D eigenvalue weighted by atomic mass is 16.2. The summed E-state index contributed by atoms with van der Waals surface area (Å²) in [6.45, 7) is 1.86. The second-order valence-corrected chi connectivity index (χ2v) is 5.70. The molecule has 1 unspecified atom stereocenters. The zero-order chi connectivity index (χ0) is 16.4. The van der Waals surface area contributed by atoms with Crippen molar-refractivity contribution in [3.8, 4) is 0 Å². The van der Waals surface area contributed by atoms with Crippen molar-refractivity contribution in [2.75, 3.05) is 0 Å². The van der Waals surface area contributed by atoms with Crippen molar-refractivity contribution in [1.82, 2.24) is 25.1 Å². The van der Waals surface area contributed by atoms with Crippen LogP contribution in [-0.4, -0.2) is 31.7 Å². The van der Waals surface area contributed by atoms with Gasteiger partial charge in [-0.15, -0.1) is 10.2 Å². The quantitative estimate of drug-likeness (QED) is 0.655. The summed E-state index contributed by atoms with van der Waals surface area (Å²) < 4.78 is 1.77. The number of fused-ring (bicyclic) bond motifs is 1. The zero-order valence-corrected chi connectivity index (χ0v) is 13.2. The Balaban J connectivity index is 1.67. The van der Waals surface area contributed by atoms with Gasteiger partial charge in [0.1, 0.15) is 6.33 Å². The first-order valence-electron chi connectivity index (χ1n) is 7.51. The van der Waals surface area contributed by atoms with Gasteiger partial charge in [-0.2, -0.15) is 0 Å². The van der Waals surface area contributed by atoms with Crippen LogP contribution in [-0.2, 0) is 18.3 Å². The van der Waals surface area contributed by atoms with Gasteiger partial charge in [0.2, 0.25) is 5.91 Å². The lowest BCUT2D eigenvalue weighted by Crippen LogP contribution is -2.43. The van der Waals surface area contributed by atoms with Gasteiger partial charge in [0.15, 0.2) is 5.82 Å². The summed E-state index contributed by atoms with van der Waals surface area (Å²) >= 11 is 0. The molecule has 0 bridgehead atoms. The number of carbonyl (C=O) groups is 1. The average Bonchev–Trinajstić information content (AvgIpc) is 3.14. The molecule has 1 amide bonds. The molecule has 0 spiro atoms. The maximum atomic E-state index is 12.3. The van der Waals surface area contributed by atoms with E-state index in [1.807, 2.05) is 44.4 Å². The molecule has 120 valence electrons. The Kier molecular flexibility index (Phi) is 4.12. The molecule has 0 aliphatic carbocycles. The van der Waals surface area contributed by atoms with Gasteiger partial charge >= 0.3 is 0 Å². The van der Waals surface area contributed by atoms with Crippen molar-refractivity contribution in [1.29, 1.82) is 0 Å². The Morgan fingerprint density at radius 2 is 2.22 bits per heavy atom. The van der Waals surface area contributed by atoms with E-state index >= 15 is 0 Å². The third kappa shape index (κ3) is 3.09. The molecule has 0 fully saturated rings. The maximum absolute atomic E-state index is 12.3. The molecule has 4 N–H and O–H groups in total. The molecule has 0 radical (unpaired) electrons. The number of H-pyrrole nitrogens is 1. The number of aryl methyl sites for hydroxylation is 1. The predicted octanol–water partition coefficient (Wildman–Crippen LogP) is 1.04. The molecular formula is C16H20N6O. The third-order valence-electron chi connectivity index (χ3n) is 3.94. The lowest BCUT2D eigenvalue weighted by Gasteiger charge is -2.16. The molecule has 0 aliphatic rings. The third-order valence-corrected chi connectivity index (χ3v) is 3.94. The van der Waals surface area contributed by atoms with Crippen LogP contribution in [0.1, 0.15) is 24.4 Å². The Bertz CT molecular complexity index is 821. The van der Waals surface area contributed by atoms with Crippen LogP contribution >= 0.6 is 0 Å². The van der Waals surface area contributed by atoms with Gasteiger partial charge in [-0.3, -0.25) is 4.79 Å². The summed E-state index contributed by atoms with van der Waals surface area (Å²) in [5.74, 6) is 0.489. The second kappa shape index (κ2) is 6.21. The van der Waals surface area contributed by atoms with E-state index in [-0.39, 0.29) is 11.9 Å². The van der Waals surface area contributed by atoms with Crippen LogP contribution in [0.25, 0.3) is 10.9 Å². The summed E-state index contributed by atoms with van der Waals surface area (Å²) in [6.07, 6.45) is 3.98. The Morgan fingerprint density at radius 1 is 1.43 bits per heavy atom. The minimum atomic E-state index is -0.620. The van der Waals surface area contributed by atoms with E-state index in [4.69, 9.17) is 5.73 Å². The molecule has 3 aromatic rings. The Hall–Kier alpha value is -2.67. The van der Waals surface area contributed by atoms with E-state index in [2.05, 4.69) is 20.5 Å². The minimum absolute atomic E-state index is 0.203. The van der Waals surface area contributed by atoms with Crippen LogP contribution in [0.3, 0.4) is 0 Å². The molecule has 23 heavy (non-hydrogen) atoms. The first kappa shape index (κ1) is 15.2. The first-order valence-corrected chi connectivity index (χ1v) is 7.51. The topological polar surface area (TPSA) is 102 Å². The van der Waals surface area contributed by atoms with Crippen molar-refractivity contribution in [2.24, 2.45) is 12.8 Å². The fourth-order valence-electron chi connectivity index (χ4n) is 2.70. The summed E-state index contributed by atoms with van der Waals surface area (Å²) in [6, 6.07) is 7.10. The average molecular weight is 312 g/mol. The molecule has 7 nitrogen and oxygen atoms in total. The molecule has 2 atom stereocenters. The van der Waals surface area contributed by atoms with Crippen LogP contribution in [0.15, 0.2) is 36.8 Å². The van der Waals surface area contributed by atoms with Gasteiger partial charge in [0.25, 0.3) is 0 Å². The van der Waals surface area contributed by atoms with Crippen LogP contribution in [0.5, 0.6) is 0 Å². The molecule has 3 rings (SSSR count). The fraction of sp³-hybridized carbons (Fsp3) is 0.312. The van der Waals surface area contributed by atoms with Gasteiger partial charge in [0.05, 0.1) is 12.1 Å². The molecule has 2 heterocycles. The summed E-state index contributed by atoms with van der Waals surface area (Å²) in [5, 5.41) is 11.8. The number of para-hydroxylation sites is 1. The number of rotatable bonds is 5. The van der Waals surface area contributed by atoms with E-state index in [1.54, 1.807) is 10.9 Å². The number of amides is 1. The van der Waals surface area contributed by atoms with Gasteiger partial charge in [-0.1, -0.05) is 18.2 Å². The van der Waals surface area contributed by atoms with Gasteiger partial charge in [-0.25, -0.2) is 0 Å². The van der Waals surface area contributed by atoms with Gasteiger partial charge in [0, 0.05) is 24.1 Å². The first-order chi connectivity index (χ1) is 11.1. The molecule has 0 aliphatic heterocycles. The van der Waals surface area contributed by atoms with E-state index in [9.17, 15) is 4.79 Å². The molecule has 0 saturated heterocycles. The molecule has 0 saturated carbocycles. The van der Waals surface area contributed by atoms with E-state index in [0.29, 0.717) is 12.2 Å². The molecular weight excluding hydrogens is 292 g/mol. The standard InChI is InChI=1S/C16H20N6O/c1-10(15-21-19-9-22(15)2)20-16(23)13(17)7-11-8-18-14-6-4-3-5-12(11)14/h3-6,8-10,13,18H,7,17H2,1-2H3,(H,20,23)/t10?,13-/m0/s1. The highest BCUT2D eigenvalue weighted by Crippen LogP contribution is 2.19. The minimum Gasteiger partial charge on any atom is -0.361 e. The summed E-state index contributed by atoms with van der Waals surface area (Å²) in [7, 11) is 1.84. The van der Waals surface area contributed by atoms with E-state index < -0.39 is 6.04 Å². The number of hydrogen-bond acceptors (Lipinski definition) is 4. The highest BCUT2D eigenvalue weighted by molar-refractivity contribution is 5.86. The Morgan fingerprint density at radius 3 is 2.96 bits per heavy atom. The normalized spacial score (nSPS) is 13.9. The number of hydrogen-bond donors (Lipinski definition) is 3. The highest BCUT2D eigenvalue weighted by Gasteiger charge is 2.20. The van der Waals surface area contributed by atoms with Crippen molar-refractivity contribution in [3.05, 3.63) is 48.2 Å². The van der Waals surface area contributed by atoms with Crippen LogP contribution in [0.4, 0.5) is 0 Å². The van der Waals surface area contributed by atoms with Gasteiger partial charge in [-0.05, 0) is 25.0 Å². The number of benzene rings is 1.